The van der Waals surface area contributed by atoms with Crippen LogP contribution < -0.4 is 5.32 Å². The van der Waals surface area contributed by atoms with Crippen LogP contribution in [0.1, 0.15) is 265 Å². The molecule has 0 spiro atoms. The molecule has 0 aromatic rings. The largest absolute Gasteiger partial charge is 0.317 e. The van der Waals surface area contributed by atoms with E-state index in [1.54, 1.807) is 0 Å². The molecule has 0 saturated heterocycles. The number of rotatable bonds is 42. The zero-order valence-electron chi connectivity index (χ0n) is 33.3. The summed E-state index contributed by atoms with van der Waals surface area (Å²) >= 11 is 0. The van der Waals surface area contributed by atoms with E-state index >= 15 is 0 Å². The highest BCUT2D eigenvalue weighted by Crippen LogP contribution is 2.25. The molecule has 0 aromatic heterocycles. The number of ketones is 1. The first-order valence-electron chi connectivity index (χ1n) is 22.5. The fraction of sp³-hybridized carbons (Fsp3) is 0.978. The van der Waals surface area contributed by atoms with Crippen LogP contribution in [0.3, 0.4) is 0 Å². The molecule has 0 amide bonds. The predicted molar refractivity (Wildman–Crippen MR) is 214 cm³/mol. The van der Waals surface area contributed by atoms with Crippen LogP contribution in [-0.2, 0) is 4.79 Å². The Morgan fingerprint density at radius 3 is 0.915 bits per heavy atom. The Morgan fingerprint density at radius 1 is 0.340 bits per heavy atom. The van der Waals surface area contributed by atoms with Crippen LogP contribution in [0.25, 0.3) is 0 Å². The van der Waals surface area contributed by atoms with E-state index in [9.17, 15) is 4.79 Å². The summed E-state index contributed by atoms with van der Waals surface area (Å²) in [5.41, 5.74) is 0. The highest BCUT2D eigenvalue weighted by atomic mass is 16.1. The lowest BCUT2D eigenvalue weighted by Gasteiger charge is -2.17. The van der Waals surface area contributed by atoms with E-state index in [1.165, 1.54) is 231 Å². The van der Waals surface area contributed by atoms with Gasteiger partial charge in [0, 0.05) is 12.8 Å². The van der Waals surface area contributed by atoms with Crippen molar-refractivity contribution in [1.29, 1.82) is 0 Å². The Balaban J connectivity index is 3.50. The maximum Gasteiger partial charge on any atom is 0.132 e. The summed E-state index contributed by atoms with van der Waals surface area (Å²) in [7, 11) is 0. The molecule has 0 heterocycles. The van der Waals surface area contributed by atoms with Crippen LogP contribution in [0, 0.1) is 5.92 Å². The van der Waals surface area contributed by atoms with Crippen LogP contribution in [0.4, 0.5) is 0 Å². The van der Waals surface area contributed by atoms with Gasteiger partial charge in [-0.1, -0.05) is 226 Å². The Morgan fingerprint density at radius 2 is 0.596 bits per heavy atom. The van der Waals surface area contributed by atoms with Gasteiger partial charge in [-0.05, 0) is 44.7 Å². The zero-order valence-corrected chi connectivity index (χ0v) is 33.3. The Labute approximate surface area is 299 Å². The summed E-state index contributed by atoms with van der Waals surface area (Å²) in [5, 5.41) is 3.67. The van der Waals surface area contributed by atoms with Crippen molar-refractivity contribution in [1.82, 2.24) is 5.32 Å². The lowest BCUT2D eigenvalue weighted by atomic mass is 9.89. The van der Waals surface area contributed by atoms with Gasteiger partial charge in [-0.25, -0.2) is 0 Å². The summed E-state index contributed by atoms with van der Waals surface area (Å²) in [6.45, 7) is 9.30. The van der Waals surface area contributed by atoms with Crippen LogP contribution in [0.2, 0.25) is 0 Å². The van der Waals surface area contributed by atoms with Gasteiger partial charge in [0.2, 0.25) is 0 Å². The standard InChI is InChI=1S/C45H91NO/c1-4-7-10-13-16-20-26-33-40-45(47)41-34-27-22-29-36-43-46-42-35-28-21-18-17-19-25-32-39-44(37-30-23-14-11-8-5-2)38-31-24-15-12-9-6-3/h44,46H,4-43H2,1-3H3. The number of hydrogen-bond donors (Lipinski definition) is 1. The molecule has 0 aliphatic heterocycles. The average molecular weight is 662 g/mol. The molecule has 0 fully saturated rings. The van der Waals surface area contributed by atoms with Gasteiger partial charge in [-0.3, -0.25) is 4.79 Å². The first-order valence-corrected chi connectivity index (χ1v) is 22.5. The zero-order chi connectivity index (χ0) is 34.1. The van der Waals surface area contributed by atoms with Crippen molar-refractivity contribution < 1.29 is 4.79 Å². The van der Waals surface area contributed by atoms with Crippen LogP contribution >= 0.6 is 0 Å². The van der Waals surface area contributed by atoms with Crippen LogP contribution in [0.5, 0.6) is 0 Å². The van der Waals surface area contributed by atoms with Crippen molar-refractivity contribution in [2.24, 2.45) is 5.92 Å². The molecule has 282 valence electrons. The number of unbranched alkanes of at least 4 members (excludes halogenated alkanes) is 28. The summed E-state index contributed by atoms with van der Waals surface area (Å²) in [5.74, 6) is 1.53. The molecule has 0 atom stereocenters. The molecule has 0 aliphatic carbocycles. The van der Waals surface area contributed by atoms with E-state index in [2.05, 4.69) is 26.1 Å². The summed E-state index contributed by atoms with van der Waals surface area (Å²) in [6.07, 6.45) is 51.9. The molecule has 2 nitrogen and oxygen atoms in total. The molecule has 0 aromatic carbocycles. The second-order valence-corrected chi connectivity index (χ2v) is 15.6. The molecule has 0 radical (unpaired) electrons. The minimum absolute atomic E-state index is 0.513. The molecule has 0 bridgehead atoms. The Bertz CT molecular complexity index is 558. The maximum atomic E-state index is 12.1. The van der Waals surface area contributed by atoms with Crippen molar-refractivity contribution in [2.45, 2.75) is 265 Å². The second kappa shape index (κ2) is 41.8. The molecular weight excluding hydrogens is 571 g/mol. The molecule has 47 heavy (non-hydrogen) atoms. The molecule has 0 saturated carbocycles. The minimum atomic E-state index is 0.513. The van der Waals surface area contributed by atoms with Gasteiger partial charge in [0.1, 0.15) is 5.78 Å². The number of Topliss-reactive ketones (excluding diaryl/α,β-unsaturated/α-hetero) is 1. The van der Waals surface area contributed by atoms with E-state index in [-0.39, 0.29) is 0 Å². The number of carbonyl (C=O) groups is 1. The third kappa shape index (κ3) is 39.9. The van der Waals surface area contributed by atoms with Gasteiger partial charge in [-0.15, -0.1) is 0 Å². The maximum absolute atomic E-state index is 12.1. The quantitative estimate of drug-likeness (QED) is 0.0660. The first kappa shape index (κ1) is 46.6. The second-order valence-electron chi connectivity index (χ2n) is 15.6. The predicted octanol–water partition coefficient (Wildman–Crippen LogP) is 15.6. The van der Waals surface area contributed by atoms with E-state index in [0.717, 1.165) is 31.6 Å². The summed E-state index contributed by atoms with van der Waals surface area (Å²) in [6, 6.07) is 0. The smallest absolute Gasteiger partial charge is 0.132 e. The Hall–Kier alpha value is -0.370. The summed E-state index contributed by atoms with van der Waals surface area (Å²) < 4.78 is 0. The average Bonchev–Trinajstić information content (AvgIpc) is 3.08. The monoisotopic (exact) mass is 662 g/mol. The molecule has 0 unspecified atom stereocenters. The first-order chi connectivity index (χ1) is 23.2. The number of carbonyl (C=O) groups excluding carboxylic acids is 1. The highest BCUT2D eigenvalue weighted by molar-refractivity contribution is 5.78. The van der Waals surface area contributed by atoms with Gasteiger partial charge >= 0.3 is 0 Å². The molecule has 0 aliphatic rings. The molecule has 1 N–H and O–H groups in total. The highest BCUT2D eigenvalue weighted by Gasteiger charge is 2.09. The molecule has 0 rings (SSSR count). The van der Waals surface area contributed by atoms with Gasteiger partial charge in [0.15, 0.2) is 0 Å². The van der Waals surface area contributed by atoms with Crippen LogP contribution in [0.15, 0.2) is 0 Å². The van der Waals surface area contributed by atoms with Gasteiger partial charge in [0.25, 0.3) is 0 Å². The van der Waals surface area contributed by atoms with Gasteiger partial charge < -0.3 is 5.32 Å². The van der Waals surface area contributed by atoms with Crippen molar-refractivity contribution in [3.05, 3.63) is 0 Å². The van der Waals surface area contributed by atoms with Crippen molar-refractivity contribution >= 4 is 5.78 Å². The lowest BCUT2D eigenvalue weighted by Crippen LogP contribution is -2.16. The fourth-order valence-electron chi connectivity index (χ4n) is 7.41. The topological polar surface area (TPSA) is 29.1 Å². The molecule has 2 heteroatoms. The van der Waals surface area contributed by atoms with Crippen LogP contribution in [-0.4, -0.2) is 18.9 Å². The SMILES string of the molecule is CCCCCCCCCCC(=O)CCCCCCCNCCCCCCCCCCC(CCCCCCCC)CCCCCCCC. The van der Waals surface area contributed by atoms with Gasteiger partial charge in [0.05, 0.1) is 0 Å². The molecular formula is C45H91NO. The van der Waals surface area contributed by atoms with Crippen molar-refractivity contribution in [3.63, 3.8) is 0 Å². The third-order valence-corrected chi connectivity index (χ3v) is 10.8. The lowest BCUT2D eigenvalue weighted by molar-refractivity contribution is -0.119. The third-order valence-electron chi connectivity index (χ3n) is 10.8. The van der Waals surface area contributed by atoms with E-state index in [4.69, 9.17) is 0 Å². The van der Waals surface area contributed by atoms with E-state index < -0.39 is 0 Å². The van der Waals surface area contributed by atoms with Crippen molar-refractivity contribution in [3.8, 4) is 0 Å². The normalized spacial score (nSPS) is 11.7. The van der Waals surface area contributed by atoms with Crippen molar-refractivity contribution in [2.75, 3.05) is 13.1 Å². The van der Waals surface area contributed by atoms with E-state index in [1.807, 2.05) is 0 Å². The van der Waals surface area contributed by atoms with Gasteiger partial charge in [-0.2, -0.15) is 0 Å². The number of hydrogen-bond acceptors (Lipinski definition) is 2. The Kier molecular flexibility index (Phi) is 41.5. The fourth-order valence-corrected chi connectivity index (χ4v) is 7.41. The summed E-state index contributed by atoms with van der Waals surface area (Å²) in [4.78, 5) is 12.1. The van der Waals surface area contributed by atoms with E-state index in [0.29, 0.717) is 5.78 Å². The number of nitrogens with one attached hydrogen (secondary N) is 1. The minimum Gasteiger partial charge on any atom is -0.317 e.